The summed E-state index contributed by atoms with van der Waals surface area (Å²) in [5.74, 6) is 2.34. The lowest BCUT2D eigenvalue weighted by Gasteiger charge is -2.22. The average molecular weight is 346 g/mol. The summed E-state index contributed by atoms with van der Waals surface area (Å²) in [5, 5.41) is 6.88. The van der Waals surface area contributed by atoms with E-state index in [0.29, 0.717) is 5.82 Å². The van der Waals surface area contributed by atoms with Gasteiger partial charge in [-0.3, -0.25) is 0 Å². The highest BCUT2D eigenvalue weighted by Crippen LogP contribution is 2.22. The minimum atomic E-state index is -0.0733. The maximum atomic E-state index is 4.71. The van der Waals surface area contributed by atoms with Gasteiger partial charge in [-0.15, -0.1) is 0 Å². The molecule has 0 fully saturated rings. The summed E-state index contributed by atoms with van der Waals surface area (Å²) in [6, 6.07) is 20.5. The van der Waals surface area contributed by atoms with Crippen LogP contribution in [0.1, 0.15) is 31.9 Å². The van der Waals surface area contributed by atoms with Gasteiger partial charge in [0.1, 0.15) is 11.6 Å². The molecule has 1 aromatic heterocycles. The van der Waals surface area contributed by atoms with Crippen LogP contribution in [0.2, 0.25) is 0 Å². The van der Waals surface area contributed by atoms with Gasteiger partial charge >= 0.3 is 0 Å². The number of anilines is 2. The molecule has 2 aromatic carbocycles. The zero-order chi connectivity index (χ0) is 18.6. The Bertz CT molecular complexity index is 867. The van der Waals surface area contributed by atoms with Crippen molar-refractivity contribution in [1.29, 1.82) is 0 Å². The van der Waals surface area contributed by atoms with E-state index in [4.69, 9.17) is 9.97 Å². The molecule has 0 saturated carbocycles. The Morgan fingerprint density at radius 1 is 0.846 bits per heavy atom. The van der Waals surface area contributed by atoms with Gasteiger partial charge in [0, 0.05) is 23.7 Å². The van der Waals surface area contributed by atoms with Crippen LogP contribution in [0, 0.1) is 6.92 Å². The molecule has 0 saturated heterocycles. The van der Waals surface area contributed by atoms with Gasteiger partial charge in [-0.2, -0.15) is 0 Å². The molecule has 0 unspecified atom stereocenters. The van der Waals surface area contributed by atoms with Crippen LogP contribution in [0.4, 0.5) is 11.6 Å². The van der Waals surface area contributed by atoms with Crippen LogP contribution >= 0.6 is 0 Å². The van der Waals surface area contributed by atoms with Crippen molar-refractivity contribution < 1.29 is 0 Å². The molecule has 0 bridgehead atoms. The normalized spacial score (nSPS) is 11.2. The zero-order valence-electron chi connectivity index (χ0n) is 15.9. The quantitative estimate of drug-likeness (QED) is 0.660. The summed E-state index contributed by atoms with van der Waals surface area (Å²) < 4.78 is 0. The Balaban J connectivity index is 1.89. The minimum absolute atomic E-state index is 0.0733. The van der Waals surface area contributed by atoms with Crippen molar-refractivity contribution in [3.8, 4) is 11.4 Å². The van der Waals surface area contributed by atoms with Crippen LogP contribution in [0.25, 0.3) is 11.4 Å². The molecule has 0 atom stereocenters. The third-order valence-corrected chi connectivity index (χ3v) is 3.82. The Morgan fingerprint density at radius 2 is 1.58 bits per heavy atom. The van der Waals surface area contributed by atoms with E-state index in [0.717, 1.165) is 23.7 Å². The predicted octanol–water partition coefficient (Wildman–Crippen LogP) is 5.27. The van der Waals surface area contributed by atoms with Crippen molar-refractivity contribution in [2.24, 2.45) is 0 Å². The molecule has 0 amide bonds. The van der Waals surface area contributed by atoms with E-state index >= 15 is 0 Å². The van der Waals surface area contributed by atoms with E-state index < -0.39 is 0 Å². The molecule has 0 aliphatic carbocycles. The summed E-state index contributed by atoms with van der Waals surface area (Å²) in [6.07, 6.45) is 0. The van der Waals surface area contributed by atoms with Gasteiger partial charge < -0.3 is 10.6 Å². The Hall–Kier alpha value is -2.88. The fourth-order valence-electron chi connectivity index (χ4n) is 2.72. The summed E-state index contributed by atoms with van der Waals surface area (Å²) in [5.41, 5.74) is 3.42. The number of rotatable bonds is 5. The first-order chi connectivity index (χ1) is 12.4. The summed E-state index contributed by atoms with van der Waals surface area (Å²) in [7, 11) is 0. The Morgan fingerprint density at radius 3 is 2.27 bits per heavy atom. The van der Waals surface area contributed by atoms with E-state index in [9.17, 15) is 0 Å². The number of aromatic nitrogens is 2. The lowest BCUT2D eigenvalue weighted by Crippen LogP contribution is -2.27. The molecule has 1 heterocycles. The molecule has 2 N–H and O–H groups in total. The van der Waals surface area contributed by atoms with Crippen LogP contribution in [0.15, 0.2) is 60.7 Å². The molecule has 134 valence electrons. The second-order valence-electron chi connectivity index (χ2n) is 7.55. The van der Waals surface area contributed by atoms with Gasteiger partial charge in [-0.1, -0.05) is 60.2 Å². The molecule has 26 heavy (non-hydrogen) atoms. The monoisotopic (exact) mass is 346 g/mol. The smallest absolute Gasteiger partial charge is 0.163 e. The lowest BCUT2D eigenvalue weighted by molar-refractivity contribution is 0.630. The number of hydrogen-bond acceptors (Lipinski definition) is 4. The van der Waals surface area contributed by atoms with E-state index in [1.807, 2.05) is 36.4 Å². The molecule has 0 radical (unpaired) electrons. The van der Waals surface area contributed by atoms with Crippen LogP contribution in [0.3, 0.4) is 0 Å². The third kappa shape index (κ3) is 5.06. The first-order valence-corrected chi connectivity index (χ1v) is 8.91. The van der Waals surface area contributed by atoms with Crippen molar-refractivity contribution in [3.05, 3.63) is 71.8 Å². The average Bonchev–Trinajstić information content (AvgIpc) is 2.59. The number of benzene rings is 2. The minimum Gasteiger partial charge on any atom is -0.366 e. The first kappa shape index (κ1) is 17.9. The summed E-state index contributed by atoms with van der Waals surface area (Å²) in [6.45, 7) is 9.19. The van der Waals surface area contributed by atoms with Gasteiger partial charge in [0.25, 0.3) is 0 Å². The number of aryl methyl sites for hydroxylation is 1. The number of hydrogen-bond donors (Lipinski definition) is 2. The van der Waals surface area contributed by atoms with Crippen LogP contribution in [0.5, 0.6) is 0 Å². The maximum Gasteiger partial charge on any atom is 0.163 e. The highest BCUT2D eigenvalue weighted by molar-refractivity contribution is 5.61. The van der Waals surface area contributed by atoms with Gasteiger partial charge in [0.15, 0.2) is 5.82 Å². The summed E-state index contributed by atoms with van der Waals surface area (Å²) >= 11 is 0. The van der Waals surface area contributed by atoms with Crippen molar-refractivity contribution >= 4 is 11.6 Å². The molecule has 3 aromatic rings. The fraction of sp³-hybridized carbons (Fsp3) is 0.273. The zero-order valence-corrected chi connectivity index (χ0v) is 15.9. The molecular formula is C22H26N4. The molecule has 3 rings (SSSR count). The largest absolute Gasteiger partial charge is 0.366 e. The highest BCUT2D eigenvalue weighted by Gasteiger charge is 2.13. The van der Waals surface area contributed by atoms with E-state index in [2.05, 4.69) is 62.6 Å². The fourth-order valence-corrected chi connectivity index (χ4v) is 2.72. The van der Waals surface area contributed by atoms with Crippen molar-refractivity contribution in [2.75, 3.05) is 10.6 Å². The van der Waals surface area contributed by atoms with E-state index in [-0.39, 0.29) is 5.54 Å². The second-order valence-corrected chi connectivity index (χ2v) is 7.55. The molecule has 4 nitrogen and oxygen atoms in total. The van der Waals surface area contributed by atoms with E-state index in [1.54, 1.807) is 0 Å². The molecule has 0 aliphatic rings. The molecule has 0 spiro atoms. The third-order valence-electron chi connectivity index (χ3n) is 3.82. The Labute approximate surface area is 155 Å². The van der Waals surface area contributed by atoms with Gasteiger partial charge in [-0.05, 0) is 33.3 Å². The Kier molecular flexibility index (Phi) is 5.21. The van der Waals surface area contributed by atoms with Gasteiger partial charge in [0.2, 0.25) is 0 Å². The SMILES string of the molecule is Cc1cccc(CNc2cc(NC(C)(C)C)nc(-c3ccccc3)n2)c1. The standard InChI is InChI=1S/C22H26N4/c1-16-9-8-10-17(13-16)15-23-19-14-20(26-22(2,3)4)25-21(24-19)18-11-6-5-7-12-18/h5-14H,15H2,1-4H3,(H2,23,24,25,26). The maximum absolute atomic E-state index is 4.71. The molecular weight excluding hydrogens is 320 g/mol. The topological polar surface area (TPSA) is 49.8 Å². The lowest BCUT2D eigenvalue weighted by atomic mass is 10.1. The molecule has 0 aliphatic heterocycles. The number of nitrogens with zero attached hydrogens (tertiary/aromatic N) is 2. The van der Waals surface area contributed by atoms with Crippen LogP contribution in [-0.2, 0) is 6.54 Å². The van der Waals surface area contributed by atoms with Crippen molar-refractivity contribution in [3.63, 3.8) is 0 Å². The first-order valence-electron chi connectivity index (χ1n) is 8.91. The molecule has 4 heteroatoms. The van der Waals surface area contributed by atoms with Crippen molar-refractivity contribution in [2.45, 2.75) is 39.8 Å². The highest BCUT2D eigenvalue weighted by atomic mass is 15.1. The van der Waals surface area contributed by atoms with E-state index in [1.165, 1.54) is 11.1 Å². The van der Waals surface area contributed by atoms with Crippen LogP contribution < -0.4 is 10.6 Å². The van der Waals surface area contributed by atoms with Crippen LogP contribution in [-0.4, -0.2) is 15.5 Å². The van der Waals surface area contributed by atoms with Gasteiger partial charge in [-0.25, -0.2) is 9.97 Å². The summed E-state index contributed by atoms with van der Waals surface area (Å²) in [4.78, 5) is 9.40. The second kappa shape index (κ2) is 7.56. The predicted molar refractivity (Wildman–Crippen MR) is 109 cm³/mol. The van der Waals surface area contributed by atoms with Gasteiger partial charge in [0.05, 0.1) is 0 Å². The number of nitrogens with one attached hydrogen (secondary N) is 2. The van der Waals surface area contributed by atoms with Crippen molar-refractivity contribution in [1.82, 2.24) is 9.97 Å².